The summed E-state index contributed by atoms with van der Waals surface area (Å²) in [7, 11) is 3.52. The minimum absolute atomic E-state index is 0.218. The summed E-state index contributed by atoms with van der Waals surface area (Å²) in [5, 5.41) is 3.06. The van der Waals surface area contributed by atoms with Crippen molar-refractivity contribution in [2.45, 2.75) is 26.0 Å². The lowest BCUT2D eigenvalue weighted by molar-refractivity contribution is -0.127. The molecular weight excluding hydrogens is 354 g/mol. The molecule has 0 spiro atoms. The molecule has 0 saturated heterocycles. The SMILES string of the molecule is COc1ccc(C(NC(=O)C(C)Oc2ccc(C)cc2)c2nccn2C)cc1. The zero-order chi connectivity index (χ0) is 20.1. The summed E-state index contributed by atoms with van der Waals surface area (Å²) in [4.78, 5) is 17.2. The number of hydrogen-bond donors (Lipinski definition) is 1. The maximum absolute atomic E-state index is 12.8. The summed E-state index contributed by atoms with van der Waals surface area (Å²) in [6, 6.07) is 14.8. The first kappa shape index (κ1) is 19.5. The fourth-order valence-electron chi connectivity index (χ4n) is 2.88. The Balaban J connectivity index is 1.79. The van der Waals surface area contributed by atoms with Crippen LogP contribution in [0.3, 0.4) is 0 Å². The molecule has 3 rings (SSSR count). The molecule has 0 aliphatic rings. The summed E-state index contributed by atoms with van der Waals surface area (Å²) in [6.45, 7) is 3.74. The Hall–Kier alpha value is -3.28. The van der Waals surface area contributed by atoms with Crippen molar-refractivity contribution in [1.29, 1.82) is 0 Å². The lowest BCUT2D eigenvalue weighted by Crippen LogP contribution is -2.39. The molecule has 0 radical (unpaired) electrons. The molecule has 0 fully saturated rings. The third-order valence-corrected chi connectivity index (χ3v) is 4.56. The van der Waals surface area contributed by atoms with Crippen molar-refractivity contribution in [2.75, 3.05) is 7.11 Å². The predicted molar refractivity (Wildman–Crippen MR) is 107 cm³/mol. The van der Waals surface area contributed by atoms with Crippen LogP contribution in [0.1, 0.15) is 29.9 Å². The van der Waals surface area contributed by atoms with Crippen LogP contribution in [0.25, 0.3) is 0 Å². The minimum atomic E-state index is -0.649. The summed E-state index contributed by atoms with van der Waals surface area (Å²) in [5.41, 5.74) is 2.05. The summed E-state index contributed by atoms with van der Waals surface area (Å²) < 4.78 is 12.9. The van der Waals surface area contributed by atoms with E-state index in [9.17, 15) is 4.79 Å². The number of benzene rings is 2. The highest BCUT2D eigenvalue weighted by Crippen LogP contribution is 2.23. The lowest BCUT2D eigenvalue weighted by atomic mass is 10.1. The molecule has 0 saturated carbocycles. The van der Waals surface area contributed by atoms with Gasteiger partial charge < -0.3 is 19.4 Å². The van der Waals surface area contributed by atoms with Crippen LogP contribution in [-0.4, -0.2) is 28.7 Å². The highest BCUT2D eigenvalue weighted by Gasteiger charge is 2.24. The number of rotatable bonds is 7. The largest absolute Gasteiger partial charge is 0.497 e. The molecule has 1 heterocycles. The average Bonchev–Trinajstić information content (AvgIpc) is 3.13. The van der Waals surface area contributed by atoms with Gasteiger partial charge in [0.1, 0.15) is 23.4 Å². The topological polar surface area (TPSA) is 65.4 Å². The molecule has 1 amide bonds. The first-order valence-electron chi connectivity index (χ1n) is 9.13. The van der Waals surface area contributed by atoms with Gasteiger partial charge in [0, 0.05) is 19.4 Å². The Labute approximate surface area is 165 Å². The quantitative estimate of drug-likeness (QED) is 0.683. The van der Waals surface area contributed by atoms with Crippen LogP contribution >= 0.6 is 0 Å². The summed E-state index contributed by atoms with van der Waals surface area (Å²) >= 11 is 0. The molecule has 2 atom stereocenters. The van der Waals surface area contributed by atoms with E-state index in [1.165, 1.54) is 0 Å². The summed E-state index contributed by atoms with van der Waals surface area (Å²) in [6.07, 6.45) is 2.91. The second-order valence-electron chi connectivity index (χ2n) is 6.68. The number of imidazole rings is 1. The molecule has 0 bridgehead atoms. The highest BCUT2D eigenvalue weighted by molar-refractivity contribution is 5.81. The monoisotopic (exact) mass is 379 g/mol. The molecule has 2 unspecified atom stereocenters. The number of nitrogens with zero attached hydrogens (tertiary/aromatic N) is 2. The number of carbonyl (C=O) groups excluding carboxylic acids is 1. The van der Waals surface area contributed by atoms with Crippen LogP contribution in [0.15, 0.2) is 60.9 Å². The highest BCUT2D eigenvalue weighted by atomic mass is 16.5. The smallest absolute Gasteiger partial charge is 0.261 e. The van der Waals surface area contributed by atoms with Gasteiger partial charge in [-0.05, 0) is 43.7 Å². The number of nitrogens with one attached hydrogen (secondary N) is 1. The molecule has 6 nitrogen and oxygen atoms in total. The van der Waals surface area contributed by atoms with E-state index < -0.39 is 12.1 Å². The molecule has 1 aromatic heterocycles. The number of hydrogen-bond acceptors (Lipinski definition) is 4. The third-order valence-electron chi connectivity index (χ3n) is 4.56. The van der Waals surface area contributed by atoms with Crippen molar-refractivity contribution in [3.8, 4) is 11.5 Å². The van der Waals surface area contributed by atoms with E-state index in [2.05, 4.69) is 10.3 Å². The molecule has 6 heteroatoms. The summed E-state index contributed by atoms with van der Waals surface area (Å²) in [5.74, 6) is 1.93. The molecule has 146 valence electrons. The van der Waals surface area contributed by atoms with Crippen molar-refractivity contribution in [3.63, 3.8) is 0 Å². The van der Waals surface area contributed by atoms with Crippen LogP contribution < -0.4 is 14.8 Å². The molecule has 0 aliphatic carbocycles. The minimum Gasteiger partial charge on any atom is -0.497 e. The third kappa shape index (κ3) is 4.52. The molecule has 28 heavy (non-hydrogen) atoms. The van der Waals surface area contributed by atoms with E-state index >= 15 is 0 Å². The van der Waals surface area contributed by atoms with Crippen molar-refractivity contribution >= 4 is 5.91 Å². The zero-order valence-corrected chi connectivity index (χ0v) is 16.5. The first-order valence-corrected chi connectivity index (χ1v) is 9.13. The number of ether oxygens (including phenoxy) is 2. The van der Waals surface area contributed by atoms with Gasteiger partial charge in [0.25, 0.3) is 5.91 Å². The Bertz CT molecular complexity index is 917. The molecular formula is C22H25N3O3. The van der Waals surface area contributed by atoms with E-state index in [1.807, 2.05) is 73.3 Å². The fraction of sp³-hybridized carbons (Fsp3) is 0.273. The second-order valence-corrected chi connectivity index (χ2v) is 6.68. The van der Waals surface area contributed by atoms with Crippen LogP contribution in [0.5, 0.6) is 11.5 Å². The Morgan fingerprint density at radius 3 is 2.29 bits per heavy atom. The Morgan fingerprint density at radius 2 is 1.71 bits per heavy atom. The van der Waals surface area contributed by atoms with E-state index in [-0.39, 0.29) is 5.91 Å². The zero-order valence-electron chi connectivity index (χ0n) is 16.5. The number of methoxy groups -OCH3 is 1. The van der Waals surface area contributed by atoms with Gasteiger partial charge in [-0.3, -0.25) is 4.79 Å². The number of aryl methyl sites for hydroxylation is 2. The van der Waals surface area contributed by atoms with Gasteiger partial charge in [-0.15, -0.1) is 0 Å². The van der Waals surface area contributed by atoms with Crippen molar-refractivity contribution < 1.29 is 14.3 Å². The van der Waals surface area contributed by atoms with Crippen LogP contribution in [0.4, 0.5) is 0 Å². The Morgan fingerprint density at radius 1 is 1.07 bits per heavy atom. The average molecular weight is 379 g/mol. The normalized spacial score (nSPS) is 12.9. The molecule has 2 aromatic carbocycles. The van der Waals surface area contributed by atoms with E-state index in [0.29, 0.717) is 5.75 Å². The van der Waals surface area contributed by atoms with E-state index in [4.69, 9.17) is 9.47 Å². The molecule has 0 aliphatic heterocycles. The van der Waals surface area contributed by atoms with Gasteiger partial charge in [-0.1, -0.05) is 29.8 Å². The van der Waals surface area contributed by atoms with Gasteiger partial charge in [-0.2, -0.15) is 0 Å². The lowest BCUT2D eigenvalue weighted by Gasteiger charge is -2.22. The number of aromatic nitrogens is 2. The van der Waals surface area contributed by atoms with Gasteiger partial charge in [0.15, 0.2) is 6.10 Å². The van der Waals surface area contributed by atoms with Crippen molar-refractivity contribution in [3.05, 3.63) is 77.9 Å². The van der Waals surface area contributed by atoms with Crippen molar-refractivity contribution in [2.24, 2.45) is 7.05 Å². The predicted octanol–water partition coefficient (Wildman–Crippen LogP) is 3.41. The van der Waals surface area contributed by atoms with Crippen molar-refractivity contribution in [1.82, 2.24) is 14.9 Å². The number of carbonyl (C=O) groups is 1. The standard InChI is InChI=1S/C22H25N3O3/c1-15-5-9-19(10-6-15)28-16(2)22(26)24-20(21-23-13-14-25(21)3)17-7-11-18(27-4)12-8-17/h5-14,16,20H,1-4H3,(H,24,26). The van der Waals surface area contributed by atoms with Crippen LogP contribution in [0, 0.1) is 6.92 Å². The first-order chi connectivity index (χ1) is 13.5. The van der Waals surface area contributed by atoms with Gasteiger partial charge >= 0.3 is 0 Å². The van der Waals surface area contributed by atoms with E-state index in [0.717, 1.165) is 22.7 Å². The van der Waals surface area contributed by atoms with Crippen LogP contribution in [0.2, 0.25) is 0 Å². The fourth-order valence-corrected chi connectivity index (χ4v) is 2.88. The maximum Gasteiger partial charge on any atom is 0.261 e. The van der Waals surface area contributed by atoms with Gasteiger partial charge in [0.05, 0.1) is 7.11 Å². The van der Waals surface area contributed by atoms with E-state index in [1.54, 1.807) is 20.2 Å². The molecule has 3 aromatic rings. The van der Waals surface area contributed by atoms with Gasteiger partial charge in [0.2, 0.25) is 0 Å². The van der Waals surface area contributed by atoms with Gasteiger partial charge in [-0.25, -0.2) is 4.98 Å². The molecule has 1 N–H and O–H groups in total. The number of amides is 1. The Kier molecular flexibility index (Phi) is 5.99. The van der Waals surface area contributed by atoms with Crippen LogP contribution in [-0.2, 0) is 11.8 Å². The maximum atomic E-state index is 12.8. The second kappa shape index (κ2) is 8.61.